The molecule has 0 saturated carbocycles. The van der Waals surface area contributed by atoms with Crippen LogP contribution < -0.4 is 10.5 Å². The van der Waals surface area contributed by atoms with Gasteiger partial charge in [-0.1, -0.05) is 24.3 Å². The molecule has 2 N–H and O–H groups in total. The van der Waals surface area contributed by atoms with E-state index in [-0.39, 0.29) is 6.04 Å². The number of nitrogens with zero attached hydrogens (tertiary/aromatic N) is 3. The van der Waals surface area contributed by atoms with E-state index in [1.54, 1.807) is 4.68 Å². The number of benzene rings is 1. The molecule has 0 bridgehead atoms. The number of rotatable bonds is 6. The minimum atomic E-state index is -0.0333. The summed E-state index contributed by atoms with van der Waals surface area (Å²) in [5.41, 5.74) is 7.92. The van der Waals surface area contributed by atoms with Crippen LogP contribution >= 0.6 is 0 Å². The SMILES string of the molecule is CCOc1ccc(Cn2cc(C(N)CC)nn2)cc1. The van der Waals surface area contributed by atoms with Gasteiger partial charge in [0.15, 0.2) is 0 Å². The summed E-state index contributed by atoms with van der Waals surface area (Å²) in [6.45, 7) is 5.38. The van der Waals surface area contributed by atoms with Crippen LogP contribution in [0.15, 0.2) is 30.5 Å². The normalized spacial score (nSPS) is 12.4. The first-order valence-corrected chi connectivity index (χ1v) is 6.60. The van der Waals surface area contributed by atoms with Gasteiger partial charge in [-0.3, -0.25) is 0 Å². The molecule has 0 amide bonds. The lowest BCUT2D eigenvalue weighted by Gasteiger charge is -2.05. The van der Waals surface area contributed by atoms with E-state index in [0.717, 1.165) is 23.4 Å². The first-order valence-electron chi connectivity index (χ1n) is 6.60. The molecule has 1 aromatic heterocycles. The number of hydrogen-bond acceptors (Lipinski definition) is 4. The predicted octanol–water partition coefficient (Wildman–Crippen LogP) is 2.13. The zero-order valence-corrected chi connectivity index (χ0v) is 11.4. The van der Waals surface area contributed by atoms with Crippen molar-refractivity contribution in [3.05, 3.63) is 41.7 Å². The molecular weight excluding hydrogens is 240 g/mol. The molecule has 0 aliphatic heterocycles. The highest BCUT2D eigenvalue weighted by Gasteiger charge is 2.08. The van der Waals surface area contributed by atoms with Crippen LogP contribution in [0.4, 0.5) is 0 Å². The molecule has 1 unspecified atom stereocenters. The van der Waals surface area contributed by atoms with Gasteiger partial charge in [-0.15, -0.1) is 5.10 Å². The monoisotopic (exact) mass is 260 g/mol. The minimum Gasteiger partial charge on any atom is -0.494 e. The first-order chi connectivity index (χ1) is 9.22. The fraction of sp³-hybridized carbons (Fsp3) is 0.429. The van der Waals surface area contributed by atoms with Gasteiger partial charge < -0.3 is 10.5 Å². The van der Waals surface area contributed by atoms with Crippen LogP contribution in [-0.2, 0) is 6.54 Å². The van der Waals surface area contributed by atoms with Crippen LogP contribution in [0.3, 0.4) is 0 Å². The topological polar surface area (TPSA) is 66.0 Å². The molecule has 102 valence electrons. The third-order valence-electron chi connectivity index (χ3n) is 2.96. The van der Waals surface area contributed by atoms with Gasteiger partial charge in [-0.25, -0.2) is 4.68 Å². The van der Waals surface area contributed by atoms with Gasteiger partial charge in [0.25, 0.3) is 0 Å². The Balaban J connectivity index is 2.02. The van der Waals surface area contributed by atoms with E-state index >= 15 is 0 Å². The second-order valence-corrected chi connectivity index (χ2v) is 4.43. The van der Waals surface area contributed by atoms with Crippen molar-refractivity contribution in [2.45, 2.75) is 32.9 Å². The van der Waals surface area contributed by atoms with Gasteiger partial charge >= 0.3 is 0 Å². The molecule has 2 aromatic rings. The molecule has 0 spiro atoms. The fourth-order valence-electron chi connectivity index (χ4n) is 1.81. The Bertz CT molecular complexity index is 506. The summed E-state index contributed by atoms with van der Waals surface area (Å²) in [4.78, 5) is 0. The second kappa shape index (κ2) is 6.33. The number of hydrogen-bond donors (Lipinski definition) is 1. The Kier molecular flexibility index (Phi) is 4.52. The first kappa shape index (κ1) is 13.5. The molecule has 0 fully saturated rings. The Morgan fingerprint density at radius 1 is 1.26 bits per heavy atom. The maximum atomic E-state index is 5.92. The number of ether oxygens (including phenoxy) is 1. The van der Waals surface area contributed by atoms with E-state index in [2.05, 4.69) is 10.3 Å². The predicted molar refractivity (Wildman–Crippen MR) is 74.0 cm³/mol. The van der Waals surface area contributed by atoms with E-state index in [9.17, 15) is 0 Å². The van der Waals surface area contributed by atoms with Gasteiger partial charge in [-0.05, 0) is 31.0 Å². The maximum absolute atomic E-state index is 5.92. The van der Waals surface area contributed by atoms with E-state index < -0.39 is 0 Å². The third-order valence-corrected chi connectivity index (χ3v) is 2.96. The molecule has 0 aliphatic rings. The van der Waals surface area contributed by atoms with Crippen LogP contribution in [0, 0.1) is 0 Å². The van der Waals surface area contributed by atoms with Crippen LogP contribution in [0.5, 0.6) is 5.75 Å². The Hall–Kier alpha value is -1.88. The Morgan fingerprint density at radius 3 is 2.63 bits per heavy atom. The smallest absolute Gasteiger partial charge is 0.119 e. The van der Waals surface area contributed by atoms with Crippen LogP contribution in [0.2, 0.25) is 0 Å². The average Bonchev–Trinajstić information content (AvgIpc) is 2.89. The molecule has 1 aromatic carbocycles. The summed E-state index contributed by atoms with van der Waals surface area (Å²) >= 11 is 0. The molecule has 1 heterocycles. The van der Waals surface area contributed by atoms with Crippen molar-refractivity contribution in [1.82, 2.24) is 15.0 Å². The largest absolute Gasteiger partial charge is 0.494 e. The minimum absolute atomic E-state index is 0.0333. The molecular formula is C14H20N4O. The zero-order chi connectivity index (χ0) is 13.7. The maximum Gasteiger partial charge on any atom is 0.119 e. The summed E-state index contributed by atoms with van der Waals surface area (Å²) in [7, 11) is 0. The lowest BCUT2D eigenvalue weighted by molar-refractivity contribution is 0.340. The van der Waals surface area contributed by atoms with Crippen molar-refractivity contribution >= 4 is 0 Å². The standard InChI is InChI=1S/C14H20N4O/c1-3-13(15)14-10-18(17-16-14)9-11-5-7-12(8-6-11)19-4-2/h5-8,10,13H,3-4,9,15H2,1-2H3. The fourth-order valence-corrected chi connectivity index (χ4v) is 1.81. The Labute approximate surface area is 113 Å². The van der Waals surface area contributed by atoms with Gasteiger partial charge in [0.1, 0.15) is 5.75 Å². The van der Waals surface area contributed by atoms with Crippen molar-refractivity contribution in [2.75, 3.05) is 6.61 Å². The quantitative estimate of drug-likeness (QED) is 0.864. The van der Waals surface area contributed by atoms with Crippen LogP contribution in [-0.4, -0.2) is 21.6 Å². The van der Waals surface area contributed by atoms with E-state index in [4.69, 9.17) is 10.5 Å². The molecule has 5 nitrogen and oxygen atoms in total. The summed E-state index contributed by atoms with van der Waals surface area (Å²) in [5.74, 6) is 0.888. The van der Waals surface area contributed by atoms with Gasteiger partial charge in [0.05, 0.1) is 31.1 Å². The Morgan fingerprint density at radius 2 is 2.00 bits per heavy atom. The van der Waals surface area contributed by atoms with Crippen LogP contribution in [0.1, 0.15) is 37.6 Å². The lowest BCUT2D eigenvalue weighted by Crippen LogP contribution is -2.08. The van der Waals surface area contributed by atoms with Gasteiger partial charge in [-0.2, -0.15) is 0 Å². The van der Waals surface area contributed by atoms with Crippen molar-refractivity contribution < 1.29 is 4.74 Å². The van der Waals surface area contributed by atoms with E-state index in [0.29, 0.717) is 13.2 Å². The summed E-state index contributed by atoms with van der Waals surface area (Å²) in [6, 6.07) is 7.97. The highest BCUT2D eigenvalue weighted by atomic mass is 16.5. The summed E-state index contributed by atoms with van der Waals surface area (Å²) < 4.78 is 7.22. The van der Waals surface area contributed by atoms with Crippen molar-refractivity contribution in [3.63, 3.8) is 0 Å². The average molecular weight is 260 g/mol. The lowest BCUT2D eigenvalue weighted by atomic mass is 10.2. The second-order valence-electron chi connectivity index (χ2n) is 4.43. The van der Waals surface area contributed by atoms with Crippen molar-refractivity contribution in [3.8, 4) is 5.75 Å². The zero-order valence-electron chi connectivity index (χ0n) is 11.4. The number of nitrogens with two attached hydrogens (primary N) is 1. The molecule has 19 heavy (non-hydrogen) atoms. The molecule has 2 rings (SSSR count). The van der Waals surface area contributed by atoms with E-state index in [1.807, 2.05) is 44.3 Å². The van der Waals surface area contributed by atoms with Gasteiger partial charge in [0, 0.05) is 0 Å². The molecule has 0 radical (unpaired) electrons. The van der Waals surface area contributed by atoms with Crippen LogP contribution in [0.25, 0.3) is 0 Å². The summed E-state index contributed by atoms with van der Waals surface area (Å²) in [5, 5.41) is 8.19. The highest BCUT2D eigenvalue weighted by Crippen LogP contribution is 2.14. The van der Waals surface area contributed by atoms with E-state index in [1.165, 1.54) is 0 Å². The molecule has 0 aliphatic carbocycles. The third kappa shape index (κ3) is 3.54. The highest BCUT2D eigenvalue weighted by molar-refractivity contribution is 5.27. The molecule has 1 atom stereocenters. The number of aromatic nitrogens is 3. The molecule has 0 saturated heterocycles. The van der Waals surface area contributed by atoms with Crippen molar-refractivity contribution in [1.29, 1.82) is 0 Å². The van der Waals surface area contributed by atoms with Crippen molar-refractivity contribution in [2.24, 2.45) is 5.73 Å². The summed E-state index contributed by atoms with van der Waals surface area (Å²) in [6.07, 6.45) is 2.77. The van der Waals surface area contributed by atoms with Gasteiger partial charge in [0.2, 0.25) is 0 Å². The molecule has 5 heteroatoms.